The van der Waals surface area contributed by atoms with E-state index in [4.69, 9.17) is 18.9 Å². The lowest BCUT2D eigenvalue weighted by atomic mass is 10.0. The van der Waals surface area contributed by atoms with Crippen molar-refractivity contribution in [1.82, 2.24) is 0 Å². The minimum atomic E-state index is -0.687. The quantitative estimate of drug-likeness (QED) is 0.789. The van der Waals surface area contributed by atoms with Gasteiger partial charge in [-0.2, -0.15) is 0 Å². The lowest BCUT2D eigenvalue weighted by molar-refractivity contribution is -0.188. The largest absolute Gasteiger partial charge is 0.459 e. The van der Waals surface area contributed by atoms with Gasteiger partial charge < -0.3 is 18.9 Å². The predicted octanol–water partition coefficient (Wildman–Crippen LogP) is 1.76. The van der Waals surface area contributed by atoms with Gasteiger partial charge in [0, 0.05) is 0 Å². The molecule has 2 saturated heterocycles. The van der Waals surface area contributed by atoms with Crippen LogP contribution >= 0.6 is 0 Å². The SMILES string of the molecule is CC1(C)O[C@H]2COC[C@@]2(COC(=O)c2ccccc2)O1. The Kier molecular flexibility index (Phi) is 3.28. The first kappa shape index (κ1) is 13.5. The molecule has 2 heterocycles. The molecule has 0 spiro atoms. The molecule has 0 N–H and O–H groups in total. The summed E-state index contributed by atoms with van der Waals surface area (Å²) in [4.78, 5) is 12.0. The van der Waals surface area contributed by atoms with Crippen LogP contribution in [-0.4, -0.2) is 43.3 Å². The molecule has 0 unspecified atom stereocenters. The Morgan fingerprint density at radius 2 is 2.10 bits per heavy atom. The molecule has 5 nitrogen and oxygen atoms in total. The van der Waals surface area contributed by atoms with Crippen molar-refractivity contribution in [3.63, 3.8) is 0 Å². The van der Waals surface area contributed by atoms with Crippen molar-refractivity contribution >= 4 is 5.97 Å². The van der Waals surface area contributed by atoms with Gasteiger partial charge in [-0.05, 0) is 26.0 Å². The highest BCUT2D eigenvalue weighted by Gasteiger charge is 2.57. The van der Waals surface area contributed by atoms with Gasteiger partial charge in [-0.1, -0.05) is 18.2 Å². The zero-order valence-electron chi connectivity index (χ0n) is 11.6. The van der Waals surface area contributed by atoms with Crippen LogP contribution in [-0.2, 0) is 18.9 Å². The van der Waals surface area contributed by atoms with E-state index >= 15 is 0 Å². The van der Waals surface area contributed by atoms with Crippen LogP contribution in [0.4, 0.5) is 0 Å². The minimum absolute atomic E-state index is 0.134. The highest BCUT2D eigenvalue weighted by Crippen LogP contribution is 2.40. The van der Waals surface area contributed by atoms with E-state index in [9.17, 15) is 4.79 Å². The van der Waals surface area contributed by atoms with E-state index in [2.05, 4.69) is 0 Å². The molecule has 2 fully saturated rings. The van der Waals surface area contributed by atoms with E-state index in [1.54, 1.807) is 24.3 Å². The Labute approximate surface area is 117 Å². The van der Waals surface area contributed by atoms with Crippen LogP contribution < -0.4 is 0 Å². The molecule has 5 heteroatoms. The van der Waals surface area contributed by atoms with E-state index in [1.807, 2.05) is 19.9 Å². The number of carbonyl (C=O) groups excluding carboxylic acids is 1. The Morgan fingerprint density at radius 3 is 2.85 bits per heavy atom. The predicted molar refractivity (Wildman–Crippen MR) is 70.3 cm³/mol. The Bertz CT molecular complexity index is 498. The zero-order chi connectivity index (χ0) is 14.2. The maximum absolute atomic E-state index is 12.0. The summed E-state index contributed by atoms with van der Waals surface area (Å²) < 4.78 is 22.5. The molecule has 0 radical (unpaired) electrons. The topological polar surface area (TPSA) is 54.0 Å². The van der Waals surface area contributed by atoms with Crippen LogP contribution in [0.25, 0.3) is 0 Å². The van der Waals surface area contributed by atoms with E-state index in [1.165, 1.54) is 0 Å². The lowest BCUT2D eigenvalue weighted by Gasteiger charge is -2.26. The van der Waals surface area contributed by atoms with Crippen LogP contribution in [0.1, 0.15) is 24.2 Å². The fourth-order valence-electron chi connectivity index (χ4n) is 2.69. The second-order valence-corrected chi connectivity index (χ2v) is 5.63. The standard InChI is InChI=1S/C15H18O5/c1-14(2)19-12-8-17-9-15(12,20-14)10-18-13(16)11-6-4-3-5-7-11/h3-7,12H,8-10H2,1-2H3/t12-,15-/m0/s1. The van der Waals surface area contributed by atoms with E-state index in [0.29, 0.717) is 18.8 Å². The maximum Gasteiger partial charge on any atom is 0.338 e. The highest BCUT2D eigenvalue weighted by molar-refractivity contribution is 5.89. The number of fused-ring (bicyclic) bond motifs is 1. The third kappa shape index (κ3) is 2.44. The Balaban J connectivity index is 1.67. The average Bonchev–Trinajstić information content (AvgIpc) is 2.89. The van der Waals surface area contributed by atoms with Crippen LogP contribution in [0.15, 0.2) is 30.3 Å². The maximum atomic E-state index is 12.0. The van der Waals surface area contributed by atoms with Gasteiger partial charge in [0.2, 0.25) is 0 Å². The molecule has 3 rings (SSSR count). The Morgan fingerprint density at radius 1 is 1.35 bits per heavy atom. The molecule has 0 aromatic heterocycles. The molecule has 1 aromatic carbocycles. The third-order valence-corrected chi connectivity index (χ3v) is 3.53. The van der Waals surface area contributed by atoms with Crippen LogP contribution in [0.3, 0.4) is 0 Å². The summed E-state index contributed by atoms with van der Waals surface area (Å²) in [5.41, 5.74) is -0.161. The fourth-order valence-corrected chi connectivity index (χ4v) is 2.69. The first-order valence-electron chi connectivity index (χ1n) is 6.69. The molecule has 108 valence electrons. The lowest BCUT2D eigenvalue weighted by Crippen LogP contribution is -2.45. The number of carbonyl (C=O) groups is 1. The Hall–Kier alpha value is -1.43. The smallest absolute Gasteiger partial charge is 0.338 e. The number of hydrogen-bond donors (Lipinski definition) is 0. The van der Waals surface area contributed by atoms with Gasteiger partial charge in [0.25, 0.3) is 0 Å². The number of hydrogen-bond acceptors (Lipinski definition) is 5. The van der Waals surface area contributed by atoms with E-state index in [0.717, 1.165) is 0 Å². The van der Waals surface area contributed by atoms with Gasteiger partial charge in [-0.15, -0.1) is 0 Å². The molecule has 0 bridgehead atoms. The van der Waals surface area contributed by atoms with Crippen molar-refractivity contribution in [2.24, 2.45) is 0 Å². The number of benzene rings is 1. The zero-order valence-corrected chi connectivity index (χ0v) is 11.6. The van der Waals surface area contributed by atoms with Gasteiger partial charge in [-0.3, -0.25) is 0 Å². The van der Waals surface area contributed by atoms with Gasteiger partial charge in [0.05, 0.1) is 18.8 Å². The van der Waals surface area contributed by atoms with Crippen LogP contribution in [0, 0.1) is 0 Å². The molecule has 0 saturated carbocycles. The summed E-state index contributed by atoms with van der Waals surface area (Å²) in [6.07, 6.45) is -0.193. The van der Waals surface area contributed by atoms with Gasteiger partial charge in [0.1, 0.15) is 12.7 Å². The summed E-state index contributed by atoms with van der Waals surface area (Å²) in [6.45, 7) is 4.68. The highest BCUT2D eigenvalue weighted by atomic mass is 16.8. The molecule has 2 aliphatic rings. The summed E-state index contributed by atoms with van der Waals surface area (Å²) >= 11 is 0. The average molecular weight is 278 g/mol. The van der Waals surface area contributed by atoms with Crippen LogP contribution in [0.5, 0.6) is 0 Å². The number of rotatable bonds is 3. The second-order valence-electron chi connectivity index (χ2n) is 5.63. The second kappa shape index (κ2) is 4.84. The fraction of sp³-hybridized carbons (Fsp3) is 0.533. The first-order valence-corrected chi connectivity index (χ1v) is 6.69. The number of ether oxygens (including phenoxy) is 4. The van der Waals surface area contributed by atoms with Gasteiger partial charge >= 0.3 is 5.97 Å². The van der Waals surface area contributed by atoms with Crippen LogP contribution in [0.2, 0.25) is 0 Å². The summed E-state index contributed by atoms with van der Waals surface area (Å²) in [6, 6.07) is 8.90. The van der Waals surface area contributed by atoms with Crippen molar-refractivity contribution in [3.05, 3.63) is 35.9 Å². The van der Waals surface area contributed by atoms with Crippen molar-refractivity contribution in [2.45, 2.75) is 31.3 Å². The van der Waals surface area contributed by atoms with Gasteiger partial charge in [-0.25, -0.2) is 4.79 Å². The third-order valence-electron chi connectivity index (χ3n) is 3.53. The van der Waals surface area contributed by atoms with Crippen molar-refractivity contribution < 1.29 is 23.7 Å². The van der Waals surface area contributed by atoms with E-state index < -0.39 is 11.4 Å². The molecule has 1 aromatic rings. The molecule has 20 heavy (non-hydrogen) atoms. The number of esters is 1. The molecule has 0 aliphatic carbocycles. The molecular weight excluding hydrogens is 260 g/mol. The normalized spacial score (nSPS) is 31.0. The van der Waals surface area contributed by atoms with Crippen molar-refractivity contribution in [3.8, 4) is 0 Å². The molecular formula is C15H18O5. The first-order chi connectivity index (χ1) is 9.51. The van der Waals surface area contributed by atoms with Crippen molar-refractivity contribution in [2.75, 3.05) is 19.8 Å². The monoisotopic (exact) mass is 278 g/mol. The van der Waals surface area contributed by atoms with Gasteiger partial charge in [0.15, 0.2) is 11.4 Å². The van der Waals surface area contributed by atoms with E-state index in [-0.39, 0.29) is 18.7 Å². The summed E-state index contributed by atoms with van der Waals surface area (Å²) in [5.74, 6) is -1.04. The summed E-state index contributed by atoms with van der Waals surface area (Å²) in [5, 5.41) is 0. The summed E-state index contributed by atoms with van der Waals surface area (Å²) in [7, 11) is 0. The minimum Gasteiger partial charge on any atom is -0.459 e. The van der Waals surface area contributed by atoms with Crippen molar-refractivity contribution in [1.29, 1.82) is 0 Å². The molecule has 2 atom stereocenters. The molecule has 2 aliphatic heterocycles. The molecule has 0 amide bonds.